The molecule has 11 heteroatoms. The van der Waals surface area contributed by atoms with Crippen LogP contribution in [-0.2, 0) is 10.0 Å². The van der Waals surface area contributed by atoms with Crippen molar-refractivity contribution in [3.63, 3.8) is 0 Å². The molecule has 4 aromatic rings. The minimum absolute atomic E-state index is 0.0988. The molecule has 4 rings (SSSR count). The average Bonchev–Trinajstić information content (AvgIpc) is 3.23. The number of hydrogen-bond acceptors (Lipinski definition) is 7. The molecule has 0 aliphatic heterocycles. The van der Waals surface area contributed by atoms with Gasteiger partial charge in [0.05, 0.1) is 33.0 Å². The third-order valence-corrected chi connectivity index (χ3v) is 7.52. The Bertz CT molecular complexity index is 1440. The molecule has 0 bridgehead atoms. The molecule has 0 fully saturated rings. The Morgan fingerprint density at radius 3 is 2.52 bits per heavy atom. The summed E-state index contributed by atoms with van der Waals surface area (Å²) in [5.74, 6) is 0.00964. The van der Waals surface area contributed by atoms with E-state index in [0.717, 1.165) is 5.56 Å². The first-order chi connectivity index (χ1) is 15.8. The van der Waals surface area contributed by atoms with Gasteiger partial charge in [-0.25, -0.2) is 13.4 Å². The van der Waals surface area contributed by atoms with E-state index in [9.17, 15) is 13.2 Å². The number of nitrogens with one attached hydrogen (secondary N) is 3. The lowest BCUT2D eigenvalue weighted by atomic mass is 10.2. The van der Waals surface area contributed by atoms with Gasteiger partial charge in [0.1, 0.15) is 11.3 Å². The number of aromatic nitrogens is 1. The van der Waals surface area contributed by atoms with Crippen LogP contribution in [0.1, 0.15) is 15.9 Å². The number of fused-ring (bicyclic) bond motifs is 1. The number of amides is 1. The zero-order valence-corrected chi connectivity index (χ0v) is 19.9. The van der Waals surface area contributed by atoms with Crippen molar-refractivity contribution < 1.29 is 17.9 Å². The number of benzene rings is 3. The van der Waals surface area contributed by atoms with Crippen molar-refractivity contribution in [3.8, 4) is 5.75 Å². The fourth-order valence-electron chi connectivity index (χ4n) is 3.04. The van der Waals surface area contributed by atoms with Crippen molar-refractivity contribution in [2.75, 3.05) is 17.3 Å². The van der Waals surface area contributed by atoms with E-state index in [0.29, 0.717) is 26.1 Å². The maximum absolute atomic E-state index is 12.8. The number of halogens is 1. The fourth-order valence-corrected chi connectivity index (χ4v) is 5.23. The molecule has 33 heavy (non-hydrogen) atoms. The number of nitrogens with zero attached hydrogens (tertiary/aromatic N) is 1. The standard InChI is InChI=1S/C22H19ClN4O4S2/c1-13-7-9-14(10-8-13)33(29,30)27-17-6-4-3-5-15(17)21(28)25-26-22-24-19-18(31-2)12-11-16(23)20(19)32-22/h3-12,27H,1-2H3,(H,24,26)(H,25,28). The van der Waals surface area contributed by atoms with Gasteiger partial charge in [0.25, 0.3) is 15.9 Å². The van der Waals surface area contributed by atoms with Crippen LogP contribution in [0.25, 0.3) is 10.2 Å². The van der Waals surface area contributed by atoms with Crippen molar-refractivity contribution in [2.45, 2.75) is 11.8 Å². The van der Waals surface area contributed by atoms with Crippen LogP contribution in [0.5, 0.6) is 5.75 Å². The summed E-state index contributed by atoms with van der Waals surface area (Å²) < 4.78 is 34.0. The third kappa shape index (κ3) is 4.87. The summed E-state index contributed by atoms with van der Waals surface area (Å²) in [7, 11) is -2.34. The monoisotopic (exact) mass is 502 g/mol. The molecule has 1 amide bonds. The van der Waals surface area contributed by atoms with E-state index in [1.807, 2.05) is 6.92 Å². The van der Waals surface area contributed by atoms with Gasteiger partial charge < -0.3 is 4.74 Å². The second kappa shape index (κ2) is 9.26. The van der Waals surface area contributed by atoms with E-state index >= 15 is 0 Å². The second-order valence-electron chi connectivity index (χ2n) is 6.99. The van der Waals surface area contributed by atoms with Crippen LogP contribution < -0.4 is 20.3 Å². The number of rotatable bonds is 7. The summed E-state index contributed by atoms with van der Waals surface area (Å²) in [4.78, 5) is 17.3. The van der Waals surface area contributed by atoms with Gasteiger partial charge in [-0.1, -0.05) is 52.8 Å². The Balaban J connectivity index is 1.54. The highest BCUT2D eigenvalue weighted by Gasteiger charge is 2.19. The summed E-state index contributed by atoms with van der Waals surface area (Å²) in [6.07, 6.45) is 0. The van der Waals surface area contributed by atoms with E-state index < -0.39 is 15.9 Å². The number of para-hydroxylation sites is 1. The highest BCUT2D eigenvalue weighted by atomic mass is 35.5. The number of hydrogen-bond donors (Lipinski definition) is 3. The van der Waals surface area contributed by atoms with Gasteiger partial charge in [0.15, 0.2) is 0 Å². The molecule has 8 nitrogen and oxygen atoms in total. The molecule has 0 aliphatic carbocycles. The predicted molar refractivity (Wildman–Crippen MR) is 131 cm³/mol. The minimum atomic E-state index is -3.87. The third-order valence-electron chi connectivity index (χ3n) is 4.71. The quantitative estimate of drug-likeness (QED) is 0.312. The van der Waals surface area contributed by atoms with Gasteiger partial charge in [-0.05, 0) is 43.3 Å². The summed E-state index contributed by atoms with van der Waals surface area (Å²) in [5.41, 5.74) is 7.09. The van der Waals surface area contributed by atoms with Crippen LogP contribution in [0.3, 0.4) is 0 Å². The van der Waals surface area contributed by atoms with Crippen LogP contribution in [0.4, 0.5) is 10.8 Å². The largest absolute Gasteiger partial charge is 0.494 e. The lowest BCUT2D eigenvalue weighted by Gasteiger charge is -2.13. The predicted octanol–water partition coefficient (Wildman–Crippen LogP) is 4.82. The molecule has 0 spiro atoms. The number of hydrazine groups is 1. The molecule has 0 aliphatic rings. The normalized spacial score (nSPS) is 11.2. The second-order valence-corrected chi connectivity index (χ2v) is 10.1. The van der Waals surface area contributed by atoms with E-state index in [1.54, 1.807) is 36.4 Å². The molecular weight excluding hydrogens is 484 g/mol. The molecule has 0 saturated heterocycles. The van der Waals surface area contributed by atoms with Gasteiger partial charge in [0, 0.05) is 0 Å². The maximum Gasteiger partial charge on any atom is 0.271 e. The highest BCUT2D eigenvalue weighted by molar-refractivity contribution is 7.92. The Morgan fingerprint density at radius 1 is 1.06 bits per heavy atom. The van der Waals surface area contributed by atoms with E-state index in [1.165, 1.54) is 42.7 Å². The van der Waals surface area contributed by atoms with Crippen molar-refractivity contribution in [2.24, 2.45) is 0 Å². The van der Waals surface area contributed by atoms with Gasteiger partial charge in [-0.2, -0.15) is 0 Å². The SMILES string of the molecule is COc1ccc(Cl)c2sc(NNC(=O)c3ccccc3NS(=O)(=O)c3ccc(C)cc3)nc12. The molecule has 1 heterocycles. The molecule has 1 aromatic heterocycles. The Hall–Kier alpha value is -3.34. The van der Waals surface area contributed by atoms with Crippen LogP contribution in [0, 0.1) is 6.92 Å². The first-order valence-electron chi connectivity index (χ1n) is 9.66. The molecule has 0 atom stereocenters. The number of thiazole rings is 1. The van der Waals surface area contributed by atoms with Crippen LogP contribution in [0.2, 0.25) is 5.02 Å². The fraction of sp³-hybridized carbons (Fsp3) is 0.0909. The lowest BCUT2D eigenvalue weighted by molar-refractivity contribution is 0.0963. The smallest absolute Gasteiger partial charge is 0.271 e. The number of carbonyl (C=O) groups is 1. The number of anilines is 2. The number of aryl methyl sites for hydroxylation is 1. The molecule has 0 radical (unpaired) electrons. The number of sulfonamides is 1. The first-order valence-corrected chi connectivity index (χ1v) is 12.3. The molecule has 0 saturated carbocycles. The van der Waals surface area contributed by atoms with Crippen molar-refractivity contribution in [3.05, 3.63) is 76.8 Å². The minimum Gasteiger partial charge on any atom is -0.494 e. The van der Waals surface area contributed by atoms with Crippen LogP contribution >= 0.6 is 22.9 Å². The summed E-state index contributed by atoms with van der Waals surface area (Å²) in [5, 5.41) is 0.904. The summed E-state index contributed by atoms with van der Waals surface area (Å²) >= 11 is 7.48. The van der Waals surface area contributed by atoms with Gasteiger partial charge in [-0.3, -0.25) is 20.4 Å². The maximum atomic E-state index is 12.8. The Kier molecular flexibility index (Phi) is 6.41. The molecular formula is C22H19ClN4O4S2. The average molecular weight is 503 g/mol. The number of ether oxygens (including phenoxy) is 1. The van der Waals surface area contributed by atoms with Crippen molar-refractivity contribution >= 4 is 59.9 Å². The molecule has 0 unspecified atom stereocenters. The molecule has 170 valence electrons. The summed E-state index contributed by atoms with van der Waals surface area (Å²) in [6, 6.07) is 16.2. The van der Waals surface area contributed by atoms with Crippen molar-refractivity contribution in [1.82, 2.24) is 10.4 Å². The van der Waals surface area contributed by atoms with E-state index in [-0.39, 0.29) is 16.1 Å². The highest BCUT2D eigenvalue weighted by Crippen LogP contribution is 2.37. The Labute approximate surface area is 199 Å². The van der Waals surface area contributed by atoms with E-state index in [4.69, 9.17) is 16.3 Å². The van der Waals surface area contributed by atoms with Gasteiger partial charge in [-0.15, -0.1) is 0 Å². The zero-order valence-electron chi connectivity index (χ0n) is 17.5. The zero-order chi connectivity index (χ0) is 23.6. The molecule has 3 N–H and O–H groups in total. The van der Waals surface area contributed by atoms with Crippen LogP contribution in [-0.4, -0.2) is 26.4 Å². The van der Waals surface area contributed by atoms with E-state index in [2.05, 4.69) is 20.6 Å². The van der Waals surface area contributed by atoms with Crippen LogP contribution in [0.15, 0.2) is 65.6 Å². The topological polar surface area (TPSA) is 109 Å². The van der Waals surface area contributed by atoms with Gasteiger partial charge >= 0.3 is 0 Å². The number of methoxy groups -OCH3 is 1. The lowest BCUT2D eigenvalue weighted by Crippen LogP contribution is -2.30. The van der Waals surface area contributed by atoms with Crippen molar-refractivity contribution in [1.29, 1.82) is 0 Å². The molecule has 3 aromatic carbocycles. The van der Waals surface area contributed by atoms with Gasteiger partial charge in [0.2, 0.25) is 5.13 Å². The first kappa shape index (κ1) is 22.8. The Morgan fingerprint density at radius 2 is 1.79 bits per heavy atom. The summed E-state index contributed by atoms with van der Waals surface area (Å²) in [6.45, 7) is 1.87. The number of carbonyl (C=O) groups excluding carboxylic acids is 1.